The lowest BCUT2D eigenvalue weighted by Gasteiger charge is -2.17. The van der Waals surface area contributed by atoms with Crippen LogP contribution in [0.5, 0.6) is 0 Å². The zero-order valence-corrected chi connectivity index (χ0v) is 11.3. The highest BCUT2D eigenvalue weighted by atomic mass is 35.5. The molecule has 3 nitrogen and oxygen atoms in total. The van der Waals surface area contributed by atoms with Crippen molar-refractivity contribution in [2.45, 2.75) is 25.8 Å². The second kappa shape index (κ2) is 7.73. The topological polar surface area (TPSA) is 44.1 Å². The third-order valence-corrected chi connectivity index (χ3v) is 2.94. The normalized spacial score (nSPS) is 9.83. The van der Waals surface area contributed by atoms with Gasteiger partial charge in [-0.3, -0.25) is 4.79 Å². The van der Waals surface area contributed by atoms with Gasteiger partial charge < -0.3 is 4.90 Å². The van der Waals surface area contributed by atoms with Gasteiger partial charge in [0, 0.05) is 25.9 Å². The van der Waals surface area contributed by atoms with Crippen molar-refractivity contribution in [2.75, 3.05) is 12.9 Å². The van der Waals surface area contributed by atoms with E-state index in [1.54, 1.807) is 18.0 Å². The minimum atomic E-state index is 0.113. The van der Waals surface area contributed by atoms with Crippen LogP contribution in [-0.4, -0.2) is 23.7 Å². The van der Waals surface area contributed by atoms with Gasteiger partial charge >= 0.3 is 0 Å². The molecule has 1 rings (SSSR count). The summed E-state index contributed by atoms with van der Waals surface area (Å²) in [6, 6.07) is 9.41. The zero-order chi connectivity index (χ0) is 13.4. The summed E-state index contributed by atoms with van der Waals surface area (Å²) in [6.45, 7) is 0.537. The number of halogens is 1. The van der Waals surface area contributed by atoms with Crippen LogP contribution in [0.1, 0.15) is 30.4 Å². The fourth-order valence-corrected chi connectivity index (χ4v) is 1.85. The number of hydrogen-bond acceptors (Lipinski definition) is 2. The minimum Gasteiger partial charge on any atom is -0.341 e. The van der Waals surface area contributed by atoms with Gasteiger partial charge in [0.2, 0.25) is 5.91 Å². The summed E-state index contributed by atoms with van der Waals surface area (Å²) < 4.78 is 0. The van der Waals surface area contributed by atoms with E-state index in [0.29, 0.717) is 24.4 Å². The standard InChI is InChI=1S/C14H17ClN2O/c1-17(14(18)7-2-3-8-15)11-13-6-4-5-12(9-13)10-16/h4-6,9H,2-3,7-8,11H2,1H3. The third kappa shape index (κ3) is 4.77. The lowest BCUT2D eigenvalue weighted by molar-refractivity contribution is -0.130. The first-order chi connectivity index (χ1) is 8.67. The van der Waals surface area contributed by atoms with E-state index in [0.717, 1.165) is 18.4 Å². The molecule has 0 saturated heterocycles. The maximum atomic E-state index is 11.8. The molecular weight excluding hydrogens is 248 g/mol. The highest BCUT2D eigenvalue weighted by Gasteiger charge is 2.08. The molecule has 1 aromatic carbocycles. The van der Waals surface area contributed by atoms with Crippen molar-refractivity contribution in [2.24, 2.45) is 0 Å². The Kier molecular flexibility index (Phi) is 6.24. The average molecular weight is 265 g/mol. The Hall–Kier alpha value is -1.53. The lowest BCUT2D eigenvalue weighted by Crippen LogP contribution is -2.25. The van der Waals surface area contributed by atoms with Gasteiger partial charge in [-0.15, -0.1) is 11.6 Å². The largest absolute Gasteiger partial charge is 0.341 e. The summed E-state index contributed by atoms with van der Waals surface area (Å²) >= 11 is 5.57. The summed E-state index contributed by atoms with van der Waals surface area (Å²) in [5.74, 6) is 0.712. The molecule has 0 aliphatic heterocycles. The first-order valence-corrected chi connectivity index (χ1v) is 6.50. The molecule has 96 valence electrons. The van der Waals surface area contributed by atoms with E-state index in [1.165, 1.54) is 0 Å². The van der Waals surface area contributed by atoms with Crippen LogP contribution in [0.25, 0.3) is 0 Å². The number of rotatable bonds is 6. The number of hydrogen-bond donors (Lipinski definition) is 0. The molecule has 0 aliphatic carbocycles. The van der Waals surface area contributed by atoms with Crippen molar-refractivity contribution in [3.05, 3.63) is 35.4 Å². The van der Waals surface area contributed by atoms with Gasteiger partial charge in [-0.25, -0.2) is 0 Å². The molecule has 0 fully saturated rings. The van der Waals surface area contributed by atoms with E-state index in [1.807, 2.05) is 18.2 Å². The van der Waals surface area contributed by atoms with Gasteiger partial charge in [-0.05, 0) is 30.5 Å². The van der Waals surface area contributed by atoms with Crippen LogP contribution in [0.4, 0.5) is 0 Å². The van der Waals surface area contributed by atoms with Crippen molar-refractivity contribution in [3.63, 3.8) is 0 Å². The maximum absolute atomic E-state index is 11.8. The molecule has 18 heavy (non-hydrogen) atoms. The van der Waals surface area contributed by atoms with Crippen molar-refractivity contribution in [1.82, 2.24) is 4.90 Å². The van der Waals surface area contributed by atoms with Gasteiger partial charge in [-0.1, -0.05) is 12.1 Å². The smallest absolute Gasteiger partial charge is 0.222 e. The Morgan fingerprint density at radius 1 is 1.44 bits per heavy atom. The lowest BCUT2D eigenvalue weighted by atomic mass is 10.1. The molecule has 0 spiro atoms. The van der Waals surface area contributed by atoms with E-state index in [2.05, 4.69) is 6.07 Å². The number of benzene rings is 1. The van der Waals surface area contributed by atoms with E-state index >= 15 is 0 Å². The second-order valence-electron chi connectivity index (χ2n) is 4.21. The average Bonchev–Trinajstić information content (AvgIpc) is 2.39. The number of amides is 1. The Morgan fingerprint density at radius 2 is 2.22 bits per heavy atom. The molecular formula is C14H17ClN2O. The van der Waals surface area contributed by atoms with Crippen LogP contribution in [-0.2, 0) is 11.3 Å². The number of alkyl halides is 1. The molecule has 0 unspecified atom stereocenters. The molecule has 1 aromatic rings. The Balaban J connectivity index is 2.50. The predicted octanol–water partition coefficient (Wildman–Crippen LogP) is 2.93. The molecule has 0 radical (unpaired) electrons. The number of carbonyl (C=O) groups is 1. The quantitative estimate of drug-likeness (QED) is 0.586. The van der Waals surface area contributed by atoms with Gasteiger partial charge in [0.15, 0.2) is 0 Å². The molecule has 0 aromatic heterocycles. The van der Waals surface area contributed by atoms with E-state index in [-0.39, 0.29) is 5.91 Å². The first kappa shape index (κ1) is 14.5. The number of unbranched alkanes of at least 4 members (excludes halogenated alkanes) is 1. The minimum absolute atomic E-state index is 0.113. The molecule has 0 heterocycles. The fraction of sp³-hybridized carbons (Fsp3) is 0.429. The van der Waals surface area contributed by atoms with Gasteiger partial charge in [0.05, 0.1) is 11.6 Å². The van der Waals surface area contributed by atoms with Gasteiger partial charge in [0.1, 0.15) is 0 Å². The van der Waals surface area contributed by atoms with Gasteiger partial charge in [0.25, 0.3) is 0 Å². The SMILES string of the molecule is CN(Cc1cccc(C#N)c1)C(=O)CCCCCl. The second-order valence-corrected chi connectivity index (χ2v) is 4.59. The van der Waals surface area contributed by atoms with Crippen LogP contribution >= 0.6 is 11.6 Å². The highest BCUT2D eigenvalue weighted by molar-refractivity contribution is 6.17. The Labute approximate surface area is 113 Å². The van der Waals surface area contributed by atoms with Crippen LogP contribution < -0.4 is 0 Å². The number of nitrogens with zero attached hydrogens (tertiary/aromatic N) is 2. The van der Waals surface area contributed by atoms with E-state index in [4.69, 9.17) is 16.9 Å². The molecule has 0 N–H and O–H groups in total. The van der Waals surface area contributed by atoms with Crippen molar-refractivity contribution in [1.29, 1.82) is 5.26 Å². The van der Waals surface area contributed by atoms with Crippen LogP contribution in [0.3, 0.4) is 0 Å². The summed E-state index contributed by atoms with van der Waals surface area (Å²) in [6.07, 6.45) is 2.22. The molecule has 0 aliphatic rings. The zero-order valence-electron chi connectivity index (χ0n) is 10.5. The monoisotopic (exact) mass is 264 g/mol. The summed E-state index contributed by atoms with van der Waals surface area (Å²) in [4.78, 5) is 13.5. The predicted molar refractivity (Wildman–Crippen MR) is 72.2 cm³/mol. The van der Waals surface area contributed by atoms with Crippen LogP contribution in [0.2, 0.25) is 0 Å². The molecule has 0 atom stereocenters. The maximum Gasteiger partial charge on any atom is 0.222 e. The van der Waals surface area contributed by atoms with Crippen LogP contribution in [0.15, 0.2) is 24.3 Å². The van der Waals surface area contributed by atoms with Crippen LogP contribution in [0, 0.1) is 11.3 Å². The van der Waals surface area contributed by atoms with E-state index in [9.17, 15) is 4.79 Å². The summed E-state index contributed by atoms with van der Waals surface area (Å²) in [5, 5.41) is 8.81. The first-order valence-electron chi connectivity index (χ1n) is 5.96. The van der Waals surface area contributed by atoms with E-state index < -0.39 is 0 Å². The summed E-state index contributed by atoms with van der Waals surface area (Å²) in [5.41, 5.74) is 1.60. The van der Waals surface area contributed by atoms with Crippen molar-refractivity contribution >= 4 is 17.5 Å². The highest BCUT2D eigenvalue weighted by Crippen LogP contribution is 2.09. The molecule has 4 heteroatoms. The number of nitriles is 1. The number of carbonyl (C=O) groups excluding carboxylic acids is 1. The summed E-state index contributed by atoms with van der Waals surface area (Å²) in [7, 11) is 1.78. The molecule has 0 saturated carbocycles. The fourth-order valence-electron chi connectivity index (χ4n) is 1.66. The van der Waals surface area contributed by atoms with Crippen molar-refractivity contribution < 1.29 is 4.79 Å². The Morgan fingerprint density at radius 3 is 2.89 bits per heavy atom. The van der Waals surface area contributed by atoms with Crippen molar-refractivity contribution in [3.8, 4) is 6.07 Å². The molecule has 1 amide bonds. The molecule has 0 bridgehead atoms. The Bertz CT molecular complexity index is 440. The van der Waals surface area contributed by atoms with Gasteiger partial charge in [-0.2, -0.15) is 5.26 Å². The third-order valence-electron chi connectivity index (χ3n) is 2.68.